The van der Waals surface area contributed by atoms with E-state index in [1.807, 2.05) is 0 Å². The normalized spacial score (nSPS) is 25.5. The maximum Gasteiger partial charge on any atom is 0.0954 e. The standard InChI is InChI=1S/C15H12Br2/c16-15(17)13(11-7-3-1-4-8-11)14(15)12-9-5-2-6-10-12/h1-10,13-14H/t13-,14-/m0/s1. The van der Waals surface area contributed by atoms with Crippen LogP contribution in [0, 0.1) is 0 Å². The Morgan fingerprint density at radius 3 is 1.35 bits per heavy atom. The molecule has 2 aromatic carbocycles. The number of halogens is 2. The first kappa shape index (κ1) is 11.5. The molecule has 1 aliphatic rings. The summed E-state index contributed by atoms with van der Waals surface area (Å²) in [4.78, 5) is 0. The van der Waals surface area contributed by atoms with Crippen molar-refractivity contribution in [2.45, 2.75) is 15.1 Å². The smallest absolute Gasteiger partial charge is 0.0713 e. The van der Waals surface area contributed by atoms with Crippen LogP contribution >= 0.6 is 31.9 Å². The summed E-state index contributed by atoms with van der Waals surface area (Å²) in [7, 11) is 0. The maximum atomic E-state index is 3.81. The highest BCUT2D eigenvalue weighted by molar-refractivity contribution is 9.25. The summed E-state index contributed by atoms with van der Waals surface area (Å²) in [5, 5.41) is 0. The van der Waals surface area contributed by atoms with Crippen molar-refractivity contribution in [3.8, 4) is 0 Å². The van der Waals surface area contributed by atoms with E-state index in [1.165, 1.54) is 11.1 Å². The summed E-state index contributed by atoms with van der Waals surface area (Å²) >= 11 is 7.62. The Bertz CT molecular complexity index is 457. The molecule has 1 aliphatic carbocycles. The van der Waals surface area contributed by atoms with Crippen molar-refractivity contribution < 1.29 is 0 Å². The zero-order chi connectivity index (χ0) is 11.9. The van der Waals surface area contributed by atoms with Crippen molar-refractivity contribution in [1.82, 2.24) is 0 Å². The lowest BCUT2D eigenvalue weighted by atomic mass is 10.0. The average Bonchev–Trinajstić information content (AvgIpc) is 2.94. The van der Waals surface area contributed by atoms with E-state index in [9.17, 15) is 0 Å². The van der Waals surface area contributed by atoms with E-state index in [4.69, 9.17) is 0 Å². The second-order valence-corrected chi connectivity index (χ2v) is 8.14. The predicted octanol–water partition coefficient (Wildman–Crippen LogP) is 5.05. The third-order valence-electron chi connectivity index (χ3n) is 3.37. The molecule has 0 aromatic heterocycles. The van der Waals surface area contributed by atoms with Gasteiger partial charge >= 0.3 is 0 Å². The molecule has 0 unspecified atom stereocenters. The lowest BCUT2D eigenvalue weighted by Gasteiger charge is -1.99. The summed E-state index contributed by atoms with van der Waals surface area (Å²) in [6.45, 7) is 0. The number of benzene rings is 2. The maximum absolute atomic E-state index is 3.81. The van der Waals surface area contributed by atoms with Gasteiger partial charge < -0.3 is 0 Å². The van der Waals surface area contributed by atoms with E-state index in [2.05, 4.69) is 92.5 Å². The van der Waals surface area contributed by atoms with E-state index < -0.39 is 0 Å². The largest absolute Gasteiger partial charge is 0.0954 e. The van der Waals surface area contributed by atoms with Crippen molar-refractivity contribution in [3.63, 3.8) is 0 Å². The third-order valence-corrected chi connectivity index (χ3v) is 5.34. The van der Waals surface area contributed by atoms with E-state index in [1.54, 1.807) is 0 Å². The van der Waals surface area contributed by atoms with Gasteiger partial charge in [-0.15, -0.1) is 0 Å². The molecule has 1 fully saturated rings. The fraction of sp³-hybridized carbons (Fsp3) is 0.200. The highest BCUT2D eigenvalue weighted by atomic mass is 79.9. The van der Waals surface area contributed by atoms with Crippen LogP contribution in [0.2, 0.25) is 0 Å². The zero-order valence-corrected chi connectivity index (χ0v) is 12.4. The third kappa shape index (κ3) is 1.98. The van der Waals surface area contributed by atoms with Crippen LogP contribution in [0.5, 0.6) is 0 Å². The lowest BCUT2D eigenvalue weighted by molar-refractivity contribution is 1.03. The lowest BCUT2D eigenvalue weighted by Crippen LogP contribution is -1.88. The average molecular weight is 352 g/mol. The molecule has 0 heterocycles. The van der Waals surface area contributed by atoms with Crippen molar-refractivity contribution >= 4 is 31.9 Å². The summed E-state index contributed by atoms with van der Waals surface area (Å²) in [6, 6.07) is 21.3. The van der Waals surface area contributed by atoms with Gasteiger partial charge in [0, 0.05) is 11.8 Å². The van der Waals surface area contributed by atoms with Gasteiger partial charge in [0.1, 0.15) is 0 Å². The highest BCUT2D eigenvalue weighted by Gasteiger charge is 2.62. The molecular formula is C15H12Br2. The molecule has 0 amide bonds. The molecule has 3 rings (SSSR count). The molecular weight excluding hydrogens is 340 g/mol. The number of hydrogen-bond donors (Lipinski definition) is 0. The van der Waals surface area contributed by atoms with Gasteiger partial charge in [0.2, 0.25) is 0 Å². The molecule has 2 aromatic rings. The SMILES string of the molecule is BrC1(Br)[C@@H](c2ccccc2)[C@@H]1c1ccccc1. The fourth-order valence-corrected chi connectivity index (χ4v) is 4.33. The number of rotatable bonds is 2. The summed E-state index contributed by atoms with van der Waals surface area (Å²) in [5.74, 6) is 1.01. The Balaban J connectivity index is 1.95. The molecule has 17 heavy (non-hydrogen) atoms. The van der Waals surface area contributed by atoms with Gasteiger partial charge in [0.05, 0.1) is 3.23 Å². The van der Waals surface area contributed by atoms with Crippen LogP contribution in [-0.4, -0.2) is 3.23 Å². The summed E-state index contributed by atoms with van der Waals surface area (Å²) in [6.07, 6.45) is 0. The second-order valence-electron chi connectivity index (χ2n) is 4.45. The molecule has 0 aliphatic heterocycles. The monoisotopic (exact) mass is 350 g/mol. The molecule has 0 radical (unpaired) electrons. The van der Waals surface area contributed by atoms with Crippen LogP contribution in [0.3, 0.4) is 0 Å². The van der Waals surface area contributed by atoms with Crippen LogP contribution in [0.15, 0.2) is 60.7 Å². The van der Waals surface area contributed by atoms with Crippen LogP contribution in [0.1, 0.15) is 23.0 Å². The van der Waals surface area contributed by atoms with Crippen molar-refractivity contribution in [2.75, 3.05) is 0 Å². The van der Waals surface area contributed by atoms with Gasteiger partial charge in [-0.05, 0) is 11.1 Å². The molecule has 0 bridgehead atoms. The van der Waals surface area contributed by atoms with Crippen LogP contribution < -0.4 is 0 Å². The molecule has 2 heteroatoms. The minimum atomic E-state index is 0.0166. The molecule has 0 N–H and O–H groups in total. The van der Waals surface area contributed by atoms with Crippen LogP contribution in [0.4, 0.5) is 0 Å². The van der Waals surface area contributed by atoms with E-state index >= 15 is 0 Å². The van der Waals surface area contributed by atoms with Crippen molar-refractivity contribution in [2.24, 2.45) is 0 Å². The van der Waals surface area contributed by atoms with Crippen LogP contribution in [0.25, 0.3) is 0 Å². The predicted molar refractivity (Wildman–Crippen MR) is 79.0 cm³/mol. The van der Waals surface area contributed by atoms with Crippen molar-refractivity contribution in [1.29, 1.82) is 0 Å². The molecule has 86 valence electrons. The molecule has 0 nitrogen and oxygen atoms in total. The first-order valence-corrected chi connectivity index (χ1v) is 7.27. The highest BCUT2D eigenvalue weighted by Crippen LogP contribution is 2.72. The Morgan fingerprint density at radius 2 is 1.00 bits per heavy atom. The van der Waals surface area contributed by atoms with E-state index in [0.29, 0.717) is 11.8 Å². The topological polar surface area (TPSA) is 0 Å². The summed E-state index contributed by atoms with van der Waals surface area (Å²) < 4.78 is 0.0166. The molecule has 2 atom stereocenters. The molecule has 1 saturated carbocycles. The van der Waals surface area contributed by atoms with E-state index in [-0.39, 0.29) is 3.23 Å². The van der Waals surface area contributed by atoms with Gasteiger partial charge in [-0.25, -0.2) is 0 Å². The number of alkyl halides is 2. The Kier molecular flexibility index (Phi) is 2.87. The van der Waals surface area contributed by atoms with Crippen LogP contribution in [-0.2, 0) is 0 Å². The van der Waals surface area contributed by atoms with Gasteiger partial charge in [-0.2, -0.15) is 0 Å². The zero-order valence-electron chi connectivity index (χ0n) is 9.18. The first-order chi connectivity index (χ1) is 8.21. The minimum absolute atomic E-state index is 0.0166. The summed E-state index contributed by atoms with van der Waals surface area (Å²) in [5.41, 5.74) is 2.77. The van der Waals surface area contributed by atoms with Gasteiger partial charge in [0.15, 0.2) is 0 Å². The number of hydrogen-bond acceptors (Lipinski definition) is 0. The van der Waals surface area contributed by atoms with Gasteiger partial charge in [-0.1, -0.05) is 92.5 Å². The molecule has 0 spiro atoms. The Morgan fingerprint density at radius 1 is 0.647 bits per heavy atom. The van der Waals surface area contributed by atoms with Gasteiger partial charge in [0.25, 0.3) is 0 Å². The first-order valence-electron chi connectivity index (χ1n) is 5.69. The Labute approximate surface area is 118 Å². The van der Waals surface area contributed by atoms with Gasteiger partial charge in [-0.3, -0.25) is 0 Å². The molecule has 0 saturated heterocycles. The second kappa shape index (κ2) is 4.25. The van der Waals surface area contributed by atoms with Crippen molar-refractivity contribution in [3.05, 3.63) is 71.8 Å². The minimum Gasteiger partial charge on any atom is -0.0713 e. The quantitative estimate of drug-likeness (QED) is 0.664. The Hall–Kier alpha value is -0.600. The van der Waals surface area contributed by atoms with E-state index in [0.717, 1.165) is 0 Å². The fourth-order valence-electron chi connectivity index (χ4n) is 2.48.